The Morgan fingerprint density at radius 1 is 1.30 bits per heavy atom. The number of hydrogen-bond acceptors (Lipinski definition) is 5. The van der Waals surface area contributed by atoms with Gasteiger partial charge in [0.25, 0.3) is 0 Å². The zero-order chi connectivity index (χ0) is 17.0. The maximum Gasteiger partial charge on any atom is 0.323 e. The van der Waals surface area contributed by atoms with Crippen LogP contribution in [0.15, 0.2) is 35.3 Å². The molecule has 2 heterocycles. The van der Waals surface area contributed by atoms with Crippen LogP contribution in [0.1, 0.15) is 11.1 Å². The summed E-state index contributed by atoms with van der Waals surface area (Å²) in [5, 5.41) is 0.441. The highest BCUT2D eigenvalue weighted by Gasteiger charge is 2.16. The molecule has 0 saturated heterocycles. The molecule has 0 aliphatic heterocycles. The third kappa shape index (κ3) is 5.06. The van der Waals surface area contributed by atoms with Crippen molar-refractivity contribution in [2.45, 2.75) is 19.1 Å². The van der Waals surface area contributed by atoms with Crippen LogP contribution < -0.4 is 11.3 Å². The molecule has 122 valence electrons. The number of carbonyl (C=O) groups is 1. The molecule has 8 heteroatoms. The van der Waals surface area contributed by atoms with Crippen molar-refractivity contribution in [2.24, 2.45) is 12.8 Å². The van der Waals surface area contributed by atoms with Crippen molar-refractivity contribution >= 4 is 29.2 Å². The van der Waals surface area contributed by atoms with Crippen LogP contribution in [0.3, 0.4) is 0 Å². The van der Waals surface area contributed by atoms with Gasteiger partial charge in [0, 0.05) is 19.3 Å². The molecule has 0 aromatic carbocycles. The van der Waals surface area contributed by atoms with Gasteiger partial charge in [-0.1, -0.05) is 29.3 Å². The first-order chi connectivity index (χ1) is 10.8. The molecule has 2 rings (SSSR count). The van der Waals surface area contributed by atoms with E-state index in [1.54, 1.807) is 31.4 Å². The molecule has 2 aromatic rings. The first-order valence-electron chi connectivity index (χ1n) is 6.75. The van der Waals surface area contributed by atoms with Crippen LogP contribution in [0, 0.1) is 0 Å². The molecule has 0 saturated carbocycles. The number of halogens is 2. The second-order valence-corrected chi connectivity index (χ2v) is 5.80. The number of hydrogen-bond donors (Lipinski definition) is 1. The average molecular weight is 356 g/mol. The van der Waals surface area contributed by atoms with Crippen molar-refractivity contribution in [3.63, 3.8) is 0 Å². The highest BCUT2D eigenvalue weighted by atomic mass is 35.5. The molecule has 0 aliphatic carbocycles. The van der Waals surface area contributed by atoms with Gasteiger partial charge in [0.05, 0.1) is 0 Å². The zero-order valence-electron chi connectivity index (χ0n) is 12.3. The third-order valence-electron chi connectivity index (χ3n) is 3.11. The molecule has 0 bridgehead atoms. The van der Waals surface area contributed by atoms with Crippen LogP contribution in [0.25, 0.3) is 0 Å². The SMILES string of the molecule is Cn1cc(C[C@H](N)C(=O)OCc2cc(Cl)nc(Cl)c2)ccc1=O. The van der Waals surface area contributed by atoms with Gasteiger partial charge in [0.2, 0.25) is 5.56 Å². The lowest BCUT2D eigenvalue weighted by Gasteiger charge is -2.12. The number of esters is 1. The Morgan fingerprint density at radius 2 is 1.96 bits per heavy atom. The topological polar surface area (TPSA) is 87.2 Å². The minimum absolute atomic E-state index is 0.00175. The molecule has 0 unspecified atom stereocenters. The van der Waals surface area contributed by atoms with Crippen LogP contribution in [-0.2, 0) is 29.6 Å². The number of aryl methyl sites for hydroxylation is 1. The van der Waals surface area contributed by atoms with E-state index in [9.17, 15) is 9.59 Å². The molecule has 0 amide bonds. The van der Waals surface area contributed by atoms with Gasteiger partial charge in [-0.3, -0.25) is 9.59 Å². The lowest BCUT2D eigenvalue weighted by atomic mass is 10.1. The predicted octanol–water partition coefficient (Wildman–Crippen LogP) is 1.70. The summed E-state index contributed by atoms with van der Waals surface area (Å²) in [6, 6.07) is 5.34. The summed E-state index contributed by atoms with van der Waals surface area (Å²) in [5.74, 6) is -0.553. The Hall–Kier alpha value is -1.89. The van der Waals surface area contributed by atoms with E-state index in [1.807, 2.05) is 0 Å². The molecular formula is C15H15Cl2N3O3. The standard InChI is InChI=1S/C15H15Cl2N3O3/c1-20-7-9(2-3-14(20)21)4-11(18)15(22)23-8-10-5-12(16)19-13(17)6-10/h2-3,5-7,11H,4,8,18H2,1H3/t11-/m0/s1. The van der Waals surface area contributed by atoms with Crippen molar-refractivity contribution in [1.82, 2.24) is 9.55 Å². The highest BCUT2D eigenvalue weighted by Crippen LogP contribution is 2.15. The number of ether oxygens (including phenoxy) is 1. The normalized spacial score (nSPS) is 12.0. The number of nitrogens with zero attached hydrogens (tertiary/aromatic N) is 2. The summed E-state index contributed by atoms with van der Waals surface area (Å²) < 4.78 is 6.57. The fraction of sp³-hybridized carbons (Fsp3) is 0.267. The van der Waals surface area contributed by atoms with Crippen LogP contribution in [0.2, 0.25) is 10.3 Å². The summed E-state index contributed by atoms with van der Waals surface area (Å²) in [4.78, 5) is 27.1. The van der Waals surface area contributed by atoms with Gasteiger partial charge < -0.3 is 15.0 Å². The molecule has 6 nitrogen and oxygen atoms in total. The molecule has 0 spiro atoms. The molecule has 23 heavy (non-hydrogen) atoms. The summed E-state index contributed by atoms with van der Waals surface area (Å²) in [6.07, 6.45) is 1.91. The van der Waals surface area contributed by atoms with E-state index in [0.29, 0.717) is 5.56 Å². The summed E-state index contributed by atoms with van der Waals surface area (Å²) >= 11 is 11.5. The maximum atomic E-state index is 11.9. The van der Waals surface area contributed by atoms with Gasteiger partial charge in [-0.05, 0) is 29.7 Å². The fourth-order valence-electron chi connectivity index (χ4n) is 1.97. The Balaban J connectivity index is 1.94. The second-order valence-electron chi connectivity index (χ2n) is 5.03. The van der Waals surface area contributed by atoms with Crippen LogP contribution >= 0.6 is 23.2 Å². The van der Waals surface area contributed by atoms with E-state index in [2.05, 4.69) is 4.98 Å². The molecular weight excluding hydrogens is 341 g/mol. The minimum Gasteiger partial charge on any atom is -0.460 e. The van der Waals surface area contributed by atoms with E-state index in [1.165, 1.54) is 10.6 Å². The van der Waals surface area contributed by atoms with E-state index in [4.69, 9.17) is 33.7 Å². The number of aromatic nitrogens is 2. The summed E-state index contributed by atoms with van der Waals surface area (Å²) in [6.45, 7) is 0.00175. The number of nitrogens with two attached hydrogens (primary N) is 1. The lowest BCUT2D eigenvalue weighted by Crippen LogP contribution is -2.34. The molecule has 2 N–H and O–H groups in total. The minimum atomic E-state index is -0.833. The number of carbonyl (C=O) groups excluding carboxylic acids is 1. The van der Waals surface area contributed by atoms with Gasteiger partial charge in [-0.25, -0.2) is 4.98 Å². The maximum absolute atomic E-state index is 11.9. The largest absolute Gasteiger partial charge is 0.460 e. The second kappa shape index (κ2) is 7.59. The van der Waals surface area contributed by atoms with Crippen molar-refractivity contribution in [2.75, 3.05) is 0 Å². The molecule has 1 atom stereocenters. The Bertz CT molecular complexity index is 757. The smallest absolute Gasteiger partial charge is 0.323 e. The van der Waals surface area contributed by atoms with E-state index < -0.39 is 12.0 Å². The molecule has 0 fully saturated rings. The van der Waals surface area contributed by atoms with E-state index >= 15 is 0 Å². The van der Waals surface area contributed by atoms with Crippen molar-refractivity contribution in [3.05, 3.63) is 62.2 Å². The van der Waals surface area contributed by atoms with E-state index in [0.717, 1.165) is 5.56 Å². The molecule has 0 radical (unpaired) electrons. The van der Waals surface area contributed by atoms with Crippen molar-refractivity contribution in [3.8, 4) is 0 Å². The van der Waals surface area contributed by atoms with E-state index in [-0.39, 0.29) is 28.9 Å². The average Bonchev–Trinajstić information content (AvgIpc) is 2.47. The zero-order valence-corrected chi connectivity index (χ0v) is 13.8. The molecule has 2 aromatic heterocycles. The summed E-state index contributed by atoms with van der Waals surface area (Å²) in [5.41, 5.74) is 7.10. The Kier molecular flexibility index (Phi) is 5.76. The van der Waals surface area contributed by atoms with Gasteiger partial charge in [-0.15, -0.1) is 0 Å². The van der Waals surface area contributed by atoms with Crippen molar-refractivity contribution < 1.29 is 9.53 Å². The van der Waals surface area contributed by atoms with Crippen molar-refractivity contribution in [1.29, 1.82) is 0 Å². The Labute approximate surface area is 142 Å². The Morgan fingerprint density at radius 3 is 2.57 bits per heavy atom. The first-order valence-corrected chi connectivity index (χ1v) is 7.50. The predicted molar refractivity (Wildman–Crippen MR) is 87.4 cm³/mol. The third-order valence-corrected chi connectivity index (χ3v) is 3.50. The van der Waals surface area contributed by atoms with Gasteiger partial charge in [0.1, 0.15) is 23.0 Å². The van der Waals surface area contributed by atoms with Crippen LogP contribution in [0.4, 0.5) is 0 Å². The quantitative estimate of drug-likeness (QED) is 0.651. The fourth-order valence-corrected chi connectivity index (χ4v) is 2.47. The monoisotopic (exact) mass is 355 g/mol. The lowest BCUT2D eigenvalue weighted by molar-refractivity contribution is -0.146. The van der Waals surface area contributed by atoms with Gasteiger partial charge >= 0.3 is 5.97 Å². The molecule has 0 aliphatic rings. The first kappa shape index (κ1) is 17.5. The van der Waals surface area contributed by atoms with Gasteiger partial charge in [-0.2, -0.15) is 0 Å². The van der Waals surface area contributed by atoms with Crippen LogP contribution in [-0.4, -0.2) is 21.6 Å². The van der Waals surface area contributed by atoms with Gasteiger partial charge in [0.15, 0.2) is 0 Å². The number of pyridine rings is 2. The summed E-state index contributed by atoms with van der Waals surface area (Å²) in [7, 11) is 1.63. The van der Waals surface area contributed by atoms with Crippen LogP contribution in [0.5, 0.6) is 0 Å². The highest BCUT2D eigenvalue weighted by molar-refractivity contribution is 6.32. The number of rotatable bonds is 5.